The lowest BCUT2D eigenvalue weighted by atomic mass is 10.0. The van der Waals surface area contributed by atoms with Crippen molar-refractivity contribution in [1.82, 2.24) is 9.78 Å². The van der Waals surface area contributed by atoms with E-state index in [2.05, 4.69) is 5.32 Å². The van der Waals surface area contributed by atoms with Gasteiger partial charge in [0, 0.05) is 10.6 Å². The molecule has 0 aliphatic rings. The van der Waals surface area contributed by atoms with Crippen LogP contribution in [0.2, 0.25) is 5.02 Å². The van der Waals surface area contributed by atoms with Gasteiger partial charge >= 0.3 is 5.97 Å². The van der Waals surface area contributed by atoms with Crippen LogP contribution < -0.4 is 14.8 Å². The fraction of sp³-hybridized carbons (Fsp3) is 0.154. The molecule has 1 aromatic heterocycles. The molecule has 8 heteroatoms. The molecule has 7 nitrogen and oxygen atoms in total. The third-order valence-electron chi connectivity index (χ3n) is 5.55. The molecule has 0 saturated carbocycles. The van der Waals surface area contributed by atoms with Crippen molar-refractivity contribution in [2.24, 2.45) is 0 Å². The van der Waals surface area contributed by atoms with E-state index < -0.39 is 5.97 Å². The molecule has 34 heavy (non-hydrogen) atoms. The minimum absolute atomic E-state index is 0.0681. The summed E-state index contributed by atoms with van der Waals surface area (Å²) in [6.45, 7) is 3.88. The number of rotatable bonds is 7. The van der Waals surface area contributed by atoms with E-state index in [0.29, 0.717) is 28.0 Å². The molecule has 0 aliphatic carbocycles. The highest BCUT2D eigenvalue weighted by molar-refractivity contribution is 6.31. The summed E-state index contributed by atoms with van der Waals surface area (Å²) in [6, 6.07) is 18.0. The molecular weight excluding hydrogens is 454 g/mol. The van der Waals surface area contributed by atoms with Gasteiger partial charge in [-0.1, -0.05) is 29.8 Å². The van der Waals surface area contributed by atoms with E-state index in [-0.39, 0.29) is 5.56 Å². The second-order valence-corrected chi connectivity index (χ2v) is 8.13. The second kappa shape index (κ2) is 9.49. The molecule has 0 radical (unpaired) electrons. The van der Waals surface area contributed by atoms with E-state index in [1.165, 1.54) is 13.2 Å². The van der Waals surface area contributed by atoms with Gasteiger partial charge in [0.05, 0.1) is 42.4 Å². The number of aryl methyl sites for hydroxylation is 2. The number of para-hydroxylation sites is 1. The van der Waals surface area contributed by atoms with Crippen LogP contribution in [0.4, 0.5) is 11.5 Å². The summed E-state index contributed by atoms with van der Waals surface area (Å²) in [5.74, 6) is 0.568. The Morgan fingerprint density at radius 1 is 1.03 bits per heavy atom. The first kappa shape index (κ1) is 23.2. The third-order valence-corrected chi connectivity index (χ3v) is 5.78. The lowest BCUT2D eigenvalue weighted by Gasteiger charge is -2.17. The normalized spacial score (nSPS) is 10.7. The predicted octanol–water partition coefficient (Wildman–Crippen LogP) is 6.27. The topological polar surface area (TPSA) is 85.6 Å². The fourth-order valence-electron chi connectivity index (χ4n) is 3.88. The Labute approximate surface area is 202 Å². The van der Waals surface area contributed by atoms with Gasteiger partial charge < -0.3 is 19.9 Å². The maximum atomic E-state index is 12.0. The lowest BCUT2D eigenvalue weighted by molar-refractivity contribution is 0.0697. The minimum Gasteiger partial charge on any atom is -0.497 e. The highest BCUT2D eigenvalue weighted by Gasteiger charge is 2.24. The van der Waals surface area contributed by atoms with Crippen molar-refractivity contribution in [3.8, 4) is 28.3 Å². The van der Waals surface area contributed by atoms with Crippen LogP contribution >= 0.6 is 11.6 Å². The smallest absolute Gasteiger partial charge is 0.337 e. The van der Waals surface area contributed by atoms with Crippen LogP contribution in [0.1, 0.15) is 21.6 Å². The maximum absolute atomic E-state index is 12.0. The molecule has 3 aromatic carbocycles. The summed E-state index contributed by atoms with van der Waals surface area (Å²) in [4.78, 5) is 12.0. The first-order valence-electron chi connectivity index (χ1n) is 10.5. The van der Waals surface area contributed by atoms with Crippen LogP contribution in [0.5, 0.6) is 11.5 Å². The predicted molar refractivity (Wildman–Crippen MR) is 133 cm³/mol. The first-order chi connectivity index (χ1) is 16.3. The molecule has 2 N–H and O–H groups in total. The number of benzene rings is 3. The molecule has 4 aromatic rings. The van der Waals surface area contributed by atoms with E-state index in [1.54, 1.807) is 36.1 Å². The monoisotopic (exact) mass is 477 g/mol. The van der Waals surface area contributed by atoms with E-state index in [4.69, 9.17) is 26.2 Å². The average Bonchev–Trinajstić information content (AvgIpc) is 3.14. The number of hydrogen-bond acceptors (Lipinski definition) is 5. The third kappa shape index (κ3) is 4.30. The number of ether oxygens (including phenoxy) is 2. The van der Waals surface area contributed by atoms with Crippen LogP contribution in [0.15, 0.2) is 60.7 Å². The van der Waals surface area contributed by atoms with Crippen LogP contribution in [-0.2, 0) is 0 Å². The molecule has 0 unspecified atom stereocenters. The van der Waals surface area contributed by atoms with Gasteiger partial charge in [-0.05, 0) is 61.9 Å². The standard InChI is InChI=1S/C26H24ClN3O4/c1-15-7-5-6-8-22(15)30-25(28-21-11-10-18(33-3)14-19(21)26(31)32)24(16(2)29-30)20-13-17(27)9-12-23(20)34-4/h5-14,28H,1-4H3,(H,31,32). The molecule has 174 valence electrons. The van der Waals surface area contributed by atoms with Gasteiger partial charge in [0.15, 0.2) is 0 Å². The Morgan fingerprint density at radius 3 is 2.47 bits per heavy atom. The molecule has 0 saturated heterocycles. The highest BCUT2D eigenvalue weighted by Crippen LogP contribution is 2.42. The van der Waals surface area contributed by atoms with E-state index in [0.717, 1.165) is 28.1 Å². The average molecular weight is 478 g/mol. The number of nitrogens with zero attached hydrogens (tertiary/aromatic N) is 2. The van der Waals surface area contributed by atoms with Crippen LogP contribution in [0.25, 0.3) is 16.8 Å². The van der Waals surface area contributed by atoms with Gasteiger partial charge in [0.2, 0.25) is 0 Å². The zero-order valence-corrected chi connectivity index (χ0v) is 20.0. The quantitative estimate of drug-likeness (QED) is 0.326. The number of methoxy groups -OCH3 is 2. The van der Waals surface area contributed by atoms with Crippen LogP contribution in [0.3, 0.4) is 0 Å². The van der Waals surface area contributed by atoms with Crippen molar-refractivity contribution < 1.29 is 19.4 Å². The largest absolute Gasteiger partial charge is 0.497 e. The van der Waals surface area contributed by atoms with Gasteiger partial charge in [-0.25, -0.2) is 9.48 Å². The summed E-state index contributed by atoms with van der Waals surface area (Å²) in [7, 11) is 3.08. The van der Waals surface area contributed by atoms with Gasteiger partial charge in [-0.3, -0.25) is 0 Å². The Balaban J connectivity index is 2.00. The highest BCUT2D eigenvalue weighted by atomic mass is 35.5. The molecule has 0 atom stereocenters. The van der Waals surface area contributed by atoms with E-state index in [9.17, 15) is 9.90 Å². The first-order valence-corrected chi connectivity index (χ1v) is 10.9. The zero-order chi connectivity index (χ0) is 24.4. The summed E-state index contributed by atoms with van der Waals surface area (Å²) in [5.41, 5.74) is 4.52. The number of aromatic nitrogens is 2. The minimum atomic E-state index is -1.08. The zero-order valence-electron chi connectivity index (χ0n) is 19.2. The Hall–Kier alpha value is -3.97. The van der Waals surface area contributed by atoms with Crippen molar-refractivity contribution in [3.05, 3.63) is 82.5 Å². The van der Waals surface area contributed by atoms with Crippen molar-refractivity contribution >= 4 is 29.1 Å². The van der Waals surface area contributed by atoms with E-state index in [1.807, 2.05) is 44.2 Å². The van der Waals surface area contributed by atoms with Crippen molar-refractivity contribution in [2.45, 2.75) is 13.8 Å². The molecule has 1 heterocycles. The molecule has 0 bridgehead atoms. The van der Waals surface area contributed by atoms with Crippen molar-refractivity contribution in [2.75, 3.05) is 19.5 Å². The lowest BCUT2D eigenvalue weighted by Crippen LogP contribution is -2.08. The van der Waals surface area contributed by atoms with Crippen molar-refractivity contribution in [3.63, 3.8) is 0 Å². The number of halogens is 1. The van der Waals surface area contributed by atoms with Gasteiger partial charge in [0.1, 0.15) is 17.3 Å². The van der Waals surface area contributed by atoms with Gasteiger partial charge in [-0.15, -0.1) is 0 Å². The molecular formula is C26H24ClN3O4. The molecule has 0 amide bonds. The molecule has 0 aliphatic heterocycles. The number of nitrogens with one attached hydrogen (secondary N) is 1. The number of carboxylic acids is 1. The number of hydrogen-bond donors (Lipinski definition) is 2. The van der Waals surface area contributed by atoms with E-state index >= 15 is 0 Å². The maximum Gasteiger partial charge on any atom is 0.337 e. The van der Waals surface area contributed by atoms with Crippen LogP contribution in [-0.4, -0.2) is 35.1 Å². The second-order valence-electron chi connectivity index (χ2n) is 7.69. The SMILES string of the molecule is COc1ccc(Nc2c(-c3cc(Cl)ccc3OC)c(C)nn2-c2ccccc2C)c(C(=O)O)c1. The Morgan fingerprint density at radius 2 is 1.79 bits per heavy atom. The van der Waals surface area contributed by atoms with Crippen molar-refractivity contribution in [1.29, 1.82) is 0 Å². The number of carbonyl (C=O) groups is 1. The Kier molecular flexibility index (Phi) is 6.47. The van der Waals surface area contributed by atoms with Gasteiger partial charge in [-0.2, -0.15) is 5.10 Å². The summed E-state index contributed by atoms with van der Waals surface area (Å²) in [6.07, 6.45) is 0. The number of anilines is 2. The number of aromatic carboxylic acids is 1. The fourth-order valence-corrected chi connectivity index (χ4v) is 4.05. The molecule has 0 fully saturated rings. The summed E-state index contributed by atoms with van der Waals surface area (Å²) < 4.78 is 12.6. The summed E-state index contributed by atoms with van der Waals surface area (Å²) >= 11 is 6.34. The Bertz CT molecular complexity index is 1380. The number of carboxylic acid groups (broad SMARTS) is 1. The van der Waals surface area contributed by atoms with Crippen LogP contribution in [0, 0.1) is 13.8 Å². The van der Waals surface area contributed by atoms with Gasteiger partial charge in [0.25, 0.3) is 0 Å². The molecule has 0 spiro atoms. The molecule has 4 rings (SSSR count). The summed E-state index contributed by atoms with van der Waals surface area (Å²) in [5, 5.41) is 18.5.